The number of hydrogen-bond acceptors (Lipinski definition) is 7. The SMILES string of the molecule is COc1ccc(CCNC(=O)Cc2csc(NC(=O)OCC(C)C)n2)cc1OC. The van der Waals surface area contributed by atoms with Crippen molar-refractivity contribution < 1.29 is 23.8 Å². The standard InChI is InChI=1S/C20H27N3O5S/c1-13(2)11-28-20(25)23-19-22-15(12-29-19)10-18(24)21-8-7-14-5-6-16(26-3)17(9-14)27-4/h5-6,9,12-13H,7-8,10-11H2,1-4H3,(H,21,24)(H,22,23,25). The zero-order valence-corrected chi connectivity index (χ0v) is 17.9. The molecular formula is C20H27N3O5S. The fourth-order valence-electron chi connectivity index (χ4n) is 2.42. The second kappa shape index (κ2) is 11.3. The molecule has 2 amide bonds. The van der Waals surface area contributed by atoms with Gasteiger partial charge in [0.2, 0.25) is 5.91 Å². The van der Waals surface area contributed by atoms with Gasteiger partial charge in [-0.3, -0.25) is 10.1 Å². The molecule has 8 nitrogen and oxygen atoms in total. The summed E-state index contributed by atoms with van der Waals surface area (Å²) >= 11 is 1.25. The predicted octanol–water partition coefficient (Wildman–Crippen LogP) is 3.27. The average molecular weight is 422 g/mol. The molecule has 0 bridgehead atoms. The Kier molecular flexibility index (Phi) is 8.72. The van der Waals surface area contributed by atoms with Crippen LogP contribution in [0.15, 0.2) is 23.6 Å². The van der Waals surface area contributed by atoms with Gasteiger partial charge in [-0.15, -0.1) is 11.3 Å². The molecule has 0 saturated heterocycles. The summed E-state index contributed by atoms with van der Waals surface area (Å²) in [5, 5.41) is 7.59. The Hall–Kier alpha value is -2.81. The molecule has 0 radical (unpaired) electrons. The maximum Gasteiger partial charge on any atom is 0.413 e. The number of aromatic nitrogens is 1. The number of benzene rings is 1. The van der Waals surface area contributed by atoms with Crippen molar-refractivity contribution >= 4 is 28.5 Å². The fraction of sp³-hybridized carbons (Fsp3) is 0.450. The summed E-state index contributed by atoms with van der Waals surface area (Å²) in [6.07, 6.45) is 0.266. The van der Waals surface area contributed by atoms with Gasteiger partial charge in [-0.05, 0) is 30.0 Å². The van der Waals surface area contributed by atoms with E-state index in [9.17, 15) is 9.59 Å². The molecule has 0 aliphatic rings. The molecule has 1 aromatic carbocycles. The second-order valence-electron chi connectivity index (χ2n) is 6.73. The lowest BCUT2D eigenvalue weighted by atomic mass is 10.1. The molecule has 9 heteroatoms. The van der Waals surface area contributed by atoms with E-state index in [0.717, 1.165) is 5.56 Å². The van der Waals surface area contributed by atoms with E-state index < -0.39 is 6.09 Å². The number of anilines is 1. The van der Waals surface area contributed by atoms with E-state index in [4.69, 9.17) is 14.2 Å². The lowest BCUT2D eigenvalue weighted by Gasteiger charge is -2.10. The zero-order valence-electron chi connectivity index (χ0n) is 17.1. The first-order valence-corrected chi connectivity index (χ1v) is 10.1. The molecule has 29 heavy (non-hydrogen) atoms. The smallest absolute Gasteiger partial charge is 0.413 e. The Morgan fingerprint density at radius 1 is 1.17 bits per heavy atom. The Labute approximate surface area is 174 Å². The van der Waals surface area contributed by atoms with Crippen LogP contribution in [-0.2, 0) is 22.4 Å². The number of nitrogens with one attached hydrogen (secondary N) is 2. The van der Waals surface area contributed by atoms with Gasteiger partial charge in [0, 0.05) is 11.9 Å². The van der Waals surface area contributed by atoms with Crippen LogP contribution >= 0.6 is 11.3 Å². The van der Waals surface area contributed by atoms with E-state index in [1.54, 1.807) is 19.6 Å². The zero-order chi connectivity index (χ0) is 21.2. The van der Waals surface area contributed by atoms with Crippen molar-refractivity contribution in [1.82, 2.24) is 10.3 Å². The first kappa shape index (κ1) is 22.5. The van der Waals surface area contributed by atoms with Crippen LogP contribution in [0.4, 0.5) is 9.93 Å². The van der Waals surface area contributed by atoms with Gasteiger partial charge in [-0.2, -0.15) is 0 Å². The molecule has 0 spiro atoms. The van der Waals surface area contributed by atoms with Crippen LogP contribution in [0, 0.1) is 5.92 Å². The number of hydrogen-bond donors (Lipinski definition) is 2. The highest BCUT2D eigenvalue weighted by Gasteiger charge is 2.11. The van der Waals surface area contributed by atoms with E-state index in [-0.39, 0.29) is 18.2 Å². The van der Waals surface area contributed by atoms with Crippen LogP contribution in [0.25, 0.3) is 0 Å². The Morgan fingerprint density at radius 3 is 2.62 bits per heavy atom. The number of methoxy groups -OCH3 is 2. The van der Waals surface area contributed by atoms with Gasteiger partial charge in [0.25, 0.3) is 0 Å². The van der Waals surface area contributed by atoms with Gasteiger partial charge in [-0.25, -0.2) is 9.78 Å². The number of nitrogens with zero attached hydrogens (tertiary/aromatic N) is 1. The molecule has 0 saturated carbocycles. The number of amides is 2. The molecule has 2 aromatic rings. The molecule has 158 valence electrons. The van der Waals surface area contributed by atoms with Gasteiger partial charge in [0.1, 0.15) is 0 Å². The minimum atomic E-state index is -0.543. The summed E-state index contributed by atoms with van der Waals surface area (Å²) in [5.74, 6) is 1.45. The Bertz CT molecular complexity index is 822. The molecule has 2 rings (SSSR count). The number of carbonyl (C=O) groups excluding carboxylic acids is 2. The van der Waals surface area contributed by atoms with E-state index in [1.165, 1.54) is 11.3 Å². The molecule has 0 aliphatic heterocycles. The van der Waals surface area contributed by atoms with Crippen LogP contribution < -0.4 is 20.1 Å². The van der Waals surface area contributed by atoms with Crippen molar-refractivity contribution in [3.8, 4) is 11.5 Å². The summed E-state index contributed by atoms with van der Waals surface area (Å²) in [7, 11) is 3.18. The van der Waals surface area contributed by atoms with Crippen molar-refractivity contribution in [2.45, 2.75) is 26.7 Å². The van der Waals surface area contributed by atoms with Gasteiger partial charge < -0.3 is 19.5 Å². The third kappa shape index (κ3) is 7.61. The van der Waals surface area contributed by atoms with Gasteiger partial charge in [-0.1, -0.05) is 19.9 Å². The fourth-order valence-corrected chi connectivity index (χ4v) is 3.12. The van der Waals surface area contributed by atoms with Gasteiger partial charge in [0.05, 0.1) is 32.9 Å². The average Bonchev–Trinajstić information content (AvgIpc) is 3.12. The summed E-state index contributed by atoms with van der Waals surface area (Å²) in [4.78, 5) is 28.0. The quantitative estimate of drug-likeness (QED) is 0.611. The summed E-state index contributed by atoms with van der Waals surface area (Å²) in [6, 6.07) is 5.66. The highest BCUT2D eigenvalue weighted by molar-refractivity contribution is 7.13. The number of rotatable bonds is 10. The lowest BCUT2D eigenvalue weighted by Crippen LogP contribution is -2.27. The molecule has 1 aromatic heterocycles. The molecule has 0 fully saturated rings. The molecule has 2 N–H and O–H groups in total. The largest absolute Gasteiger partial charge is 0.493 e. The Balaban J connectivity index is 1.76. The summed E-state index contributed by atoms with van der Waals surface area (Å²) in [6.45, 7) is 4.74. The van der Waals surface area contributed by atoms with Crippen molar-refractivity contribution in [1.29, 1.82) is 0 Å². The van der Waals surface area contributed by atoms with Crippen molar-refractivity contribution in [2.24, 2.45) is 5.92 Å². The van der Waals surface area contributed by atoms with E-state index in [0.29, 0.717) is 41.9 Å². The number of carbonyl (C=O) groups is 2. The molecular weight excluding hydrogens is 394 g/mol. The minimum Gasteiger partial charge on any atom is -0.493 e. The van der Waals surface area contributed by atoms with Crippen LogP contribution in [-0.4, -0.2) is 44.4 Å². The first-order valence-electron chi connectivity index (χ1n) is 9.27. The second-order valence-corrected chi connectivity index (χ2v) is 7.59. The maximum atomic E-state index is 12.1. The third-order valence-electron chi connectivity index (χ3n) is 3.83. The third-order valence-corrected chi connectivity index (χ3v) is 4.64. The molecule has 1 heterocycles. The number of ether oxygens (including phenoxy) is 3. The summed E-state index contributed by atoms with van der Waals surface area (Å²) in [5.41, 5.74) is 1.63. The topological polar surface area (TPSA) is 98.8 Å². The predicted molar refractivity (Wildman–Crippen MR) is 112 cm³/mol. The van der Waals surface area contributed by atoms with E-state index >= 15 is 0 Å². The van der Waals surface area contributed by atoms with Crippen molar-refractivity contribution in [3.63, 3.8) is 0 Å². The van der Waals surface area contributed by atoms with Crippen LogP contribution in [0.3, 0.4) is 0 Å². The van der Waals surface area contributed by atoms with Crippen LogP contribution in [0.1, 0.15) is 25.1 Å². The van der Waals surface area contributed by atoms with Gasteiger partial charge in [0.15, 0.2) is 16.6 Å². The normalized spacial score (nSPS) is 10.5. The van der Waals surface area contributed by atoms with E-state index in [1.807, 2.05) is 32.0 Å². The highest BCUT2D eigenvalue weighted by atomic mass is 32.1. The maximum absolute atomic E-state index is 12.1. The minimum absolute atomic E-state index is 0.135. The van der Waals surface area contributed by atoms with Crippen LogP contribution in [0.2, 0.25) is 0 Å². The Morgan fingerprint density at radius 2 is 1.93 bits per heavy atom. The molecule has 0 aliphatic carbocycles. The monoisotopic (exact) mass is 421 g/mol. The molecule has 0 atom stereocenters. The van der Waals surface area contributed by atoms with Crippen molar-refractivity contribution in [3.05, 3.63) is 34.8 Å². The lowest BCUT2D eigenvalue weighted by molar-refractivity contribution is -0.120. The van der Waals surface area contributed by atoms with Crippen LogP contribution in [0.5, 0.6) is 11.5 Å². The molecule has 0 unspecified atom stereocenters. The van der Waals surface area contributed by atoms with E-state index in [2.05, 4.69) is 15.6 Å². The highest BCUT2D eigenvalue weighted by Crippen LogP contribution is 2.27. The van der Waals surface area contributed by atoms with Gasteiger partial charge >= 0.3 is 6.09 Å². The summed E-state index contributed by atoms with van der Waals surface area (Å²) < 4.78 is 15.5. The number of thiazole rings is 1. The first-order chi connectivity index (χ1) is 13.9. The van der Waals surface area contributed by atoms with Crippen molar-refractivity contribution in [2.75, 3.05) is 32.7 Å².